The van der Waals surface area contributed by atoms with Crippen LogP contribution in [0.15, 0.2) is 45.7 Å². The van der Waals surface area contributed by atoms with E-state index in [1.54, 1.807) is 0 Å². The maximum absolute atomic E-state index is 13.5. The third-order valence-corrected chi connectivity index (χ3v) is 5.74. The molecule has 0 unspecified atom stereocenters. The summed E-state index contributed by atoms with van der Waals surface area (Å²) in [4.78, 5) is -0.182. The van der Waals surface area contributed by atoms with Crippen LogP contribution in [0.1, 0.15) is 17.5 Å². The fourth-order valence-electron chi connectivity index (χ4n) is 3.07. The van der Waals surface area contributed by atoms with Gasteiger partial charge in [-0.25, -0.2) is 17.5 Å². The van der Waals surface area contributed by atoms with E-state index in [1.807, 2.05) is 18.2 Å². The third kappa shape index (κ3) is 3.37. The lowest BCUT2D eigenvalue weighted by Gasteiger charge is -2.07. The number of methoxy groups -OCH3 is 1. The largest absolute Gasteiger partial charge is 0.494 e. The molecule has 2 aromatic carbocycles. The Morgan fingerprint density at radius 1 is 1.11 bits per heavy atom. The maximum Gasteiger partial charge on any atom is 0.330 e. The van der Waals surface area contributed by atoms with Gasteiger partial charge in [-0.15, -0.1) is 5.10 Å². The predicted octanol–water partition coefficient (Wildman–Crippen LogP) is 3.17. The Labute approximate surface area is 155 Å². The number of aryl methyl sites for hydroxylation is 2. The standard InChI is InChI=1S/C18H16FN3O4S/c1-25-16-10-14(7-8-15(16)19)27(23,24)22-18-21-20-17(26-18)13-6-5-11-3-2-4-12(11)9-13/h5-10H,2-4H2,1H3,(H,21,22). The molecule has 0 amide bonds. The Kier molecular flexibility index (Phi) is 4.31. The van der Waals surface area contributed by atoms with Gasteiger partial charge >= 0.3 is 6.01 Å². The molecule has 7 nitrogen and oxygen atoms in total. The number of halogens is 1. The molecule has 0 bridgehead atoms. The molecule has 4 rings (SSSR count). The maximum atomic E-state index is 13.5. The molecule has 1 heterocycles. The van der Waals surface area contributed by atoms with E-state index in [2.05, 4.69) is 14.9 Å². The van der Waals surface area contributed by atoms with Gasteiger partial charge in [-0.3, -0.25) is 0 Å². The molecule has 0 spiro atoms. The summed E-state index contributed by atoms with van der Waals surface area (Å²) in [5.41, 5.74) is 3.28. The van der Waals surface area contributed by atoms with Crippen LogP contribution >= 0.6 is 0 Å². The molecule has 0 radical (unpaired) electrons. The highest BCUT2D eigenvalue weighted by molar-refractivity contribution is 7.92. The van der Waals surface area contributed by atoms with Crippen LogP contribution in [0.25, 0.3) is 11.5 Å². The number of rotatable bonds is 5. The third-order valence-electron chi connectivity index (χ3n) is 4.43. The Bertz CT molecular complexity index is 1110. The molecule has 1 aromatic heterocycles. The van der Waals surface area contributed by atoms with Gasteiger partial charge < -0.3 is 9.15 Å². The summed E-state index contributed by atoms with van der Waals surface area (Å²) in [6.45, 7) is 0. The minimum absolute atomic E-state index is 0.178. The van der Waals surface area contributed by atoms with Crippen molar-refractivity contribution in [2.24, 2.45) is 0 Å². The highest BCUT2D eigenvalue weighted by Crippen LogP contribution is 2.29. The average molecular weight is 389 g/mol. The van der Waals surface area contributed by atoms with E-state index in [0.29, 0.717) is 0 Å². The molecule has 0 saturated heterocycles. The lowest BCUT2D eigenvalue weighted by molar-refractivity contribution is 0.385. The van der Waals surface area contributed by atoms with Crippen molar-refractivity contribution in [3.05, 3.63) is 53.3 Å². The van der Waals surface area contributed by atoms with E-state index in [0.717, 1.165) is 43.0 Å². The molecule has 9 heteroatoms. The summed E-state index contributed by atoms with van der Waals surface area (Å²) in [6, 6.07) is 8.83. The fourth-order valence-corrected chi connectivity index (χ4v) is 4.01. The van der Waals surface area contributed by atoms with E-state index >= 15 is 0 Å². The van der Waals surface area contributed by atoms with Gasteiger partial charge in [0.25, 0.3) is 10.0 Å². The summed E-state index contributed by atoms with van der Waals surface area (Å²) >= 11 is 0. The molecular formula is C18H16FN3O4S. The monoisotopic (exact) mass is 389 g/mol. The van der Waals surface area contributed by atoms with Crippen LogP contribution in [0.4, 0.5) is 10.4 Å². The second-order valence-electron chi connectivity index (χ2n) is 6.15. The van der Waals surface area contributed by atoms with Crippen LogP contribution in [0.3, 0.4) is 0 Å². The number of aromatic nitrogens is 2. The van der Waals surface area contributed by atoms with Gasteiger partial charge in [-0.05, 0) is 54.7 Å². The molecule has 3 aromatic rings. The zero-order chi connectivity index (χ0) is 19.0. The minimum atomic E-state index is -4.03. The Morgan fingerprint density at radius 2 is 1.93 bits per heavy atom. The topological polar surface area (TPSA) is 94.3 Å². The van der Waals surface area contributed by atoms with Crippen molar-refractivity contribution >= 4 is 16.0 Å². The summed E-state index contributed by atoms with van der Waals surface area (Å²) in [5.74, 6) is -0.616. The molecular weight excluding hydrogens is 373 g/mol. The normalized spacial score (nSPS) is 13.4. The summed E-state index contributed by atoms with van der Waals surface area (Å²) < 4.78 is 50.9. The number of nitrogens with zero attached hydrogens (tertiary/aromatic N) is 2. The number of hydrogen-bond acceptors (Lipinski definition) is 6. The van der Waals surface area contributed by atoms with Gasteiger partial charge in [-0.2, -0.15) is 0 Å². The van der Waals surface area contributed by atoms with Crippen LogP contribution in [0.2, 0.25) is 0 Å². The summed E-state index contributed by atoms with van der Waals surface area (Å²) in [6.07, 6.45) is 3.18. The minimum Gasteiger partial charge on any atom is -0.494 e. The van der Waals surface area contributed by atoms with Crippen molar-refractivity contribution in [1.82, 2.24) is 10.2 Å². The van der Waals surface area contributed by atoms with Gasteiger partial charge in [0.05, 0.1) is 12.0 Å². The van der Waals surface area contributed by atoms with Gasteiger partial charge in [-0.1, -0.05) is 11.2 Å². The molecule has 1 aliphatic rings. The van der Waals surface area contributed by atoms with Gasteiger partial charge in [0.15, 0.2) is 11.6 Å². The van der Waals surface area contributed by atoms with Crippen LogP contribution in [0, 0.1) is 5.82 Å². The van der Waals surface area contributed by atoms with Crippen molar-refractivity contribution in [3.8, 4) is 17.2 Å². The number of nitrogens with one attached hydrogen (secondary N) is 1. The highest BCUT2D eigenvalue weighted by atomic mass is 32.2. The van der Waals surface area contributed by atoms with Crippen molar-refractivity contribution in [2.75, 3.05) is 11.8 Å². The molecule has 0 saturated carbocycles. The number of sulfonamides is 1. The van der Waals surface area contributed by atoms with Crippen LogP contribution in [-0.2, 0) is 22.9 Å². The second kappa shape index (κ2) is 6.66. The van der Waals surface area contributed by atoms with Crippen molar-refractivity contribution in [1.29, 1.82) is 0 Å². The molecule has 140 valence electrons. The number of ether oxygens (including phenoxy) is 1. The highest BCUT2D eigenvalue weighted by Gasteiger charge is 2.21. The second-order valence-corrected chi connectivity index (χ2v) is 7.83. The quantitative estimate of drug-likeness (QED) is 0.720. The van der Waals surface area contributed by atoms with E-state index in [4.69, 9.17) is 9.15 Å². The van der Waals surface area contributed by atoms with Crippen molar-refractivity contribution in [2.45, 2.75) is 24.2 Å². The Morgan fingerprint density at radius 3 is 2.74 bits per heavy atom. The first-order chi connectivity index (χ1) is 13.0. The zero-order valence-electron chi connectivity index (χ0n) is 14.4. The van der Waals surface area contributed by atoms with Crippen LogP contribution in [0.5, 0.6) is 5.75 Å². The lowest BCUT2D eigenvalue weighted by Crippen LogP contribution is -2.13. The number of anilines is 1. The predicted molar refractivity (Wildman–Crippen MR) is 95.5 cm³/mol. The molecule has 27 heavy (non-hydrogen) atoms. The number of fused-ring (bicyclic) bond motifs is 1. The molecule has 1 aliphatic carbocycles. The van der Waals surface area contributed by atoms with Crippen molar-refractivity contribution in [3.63, 3.8) is 0 Å². The van der Waals surface area contributed by atoms with Crippen LogP contribution < -0.4 is 9.46 Å². The summed E-state index contributed by atoms with van der Waals surface area (Å²) in [7, 11) is -2.78. The molecule has 1 N–H and O–H groups in total. The molecule has 0 atom stereocenters. The van der Waals surface area contributed by atoms with E-state index in [1.165, 1.54) is 18.2 Å². The Balaban J connectivity index is 1.58. The van der Waals surface area contributed by atoms with E-state index in [-0.39, 0.29) is 22.6 Å². The van der Waals surface area contributed by atoms with Crippen LogP contribution in [-0.4, -0.2) is 25.7 Å². The number of hydrogen-bond donors (Lipinski definition) is 1. The van der Waals surface area contributed by atoms with Gasteiger partial charge in [0.2, 0.25) is 5.89 Å². The van der Waals surface area contributed by atoms with Gasteiger partial charge in [0.1, 0.15) is 0 Å². The molecule has 0 fully saturated rings. The summed E-state index contributed by atoms with van der Waals surface area (Å²) in [5, 5.41) is 7.65. The van der Waals surface area contributed by atoms with Crippen molar-refractivity contribution < 1.29 is 22.0 Å². The lowest BCUT2D eigenvalue weighted by atomic mass is 10.1. The number of benzene rings is 2. The van der Waals surface area contributed by atoms with E-state index in [9.17, 15) is 12.8 Å². The first-order valence-electron chi connectivity index (χ1n) is 8.28. The smallest absolute Gasteiger partial charge is 0.330 e. The Hall–Kier alpha value is -2.94. The molecule has 0 aliphatic heterocycles. The first-order valence-corrected chi connectivity index (χ1v) is 9.76. The SMILES string of the molecule is COc1cc(S(=O)(=O)Nc2nnc(-c3ccc4c(c3)CCC4)o2)ccc1F. The fraction of sp³-hybridized carbons (Fsp3) is 0.222. The first kappa shape index (κ1) is 17.5. The van der Waals surface area contributed by atoms with Gasteiger partial charge in [0, 0.05) is 11.6 Å². The average Bonchev–Trinajstić information content (AvgIpc) is 3.30. The zero-order valence-corrected chi connectivity index (χ0v) is 15.2. The van der Waals surface area contributed by atoms with E-state index < -0.39 is 15.8 Å².